The molecule has 3 heterocycles. The van der Waals surface area contributed by atoms with Gasteiger partial charge in [0, 0.05) is 26.0 Å². The van der Waals surface area contributed by atoms with Gasteiger partial charge in [-0.1, -0.05) is 30.3 Å². The number of hydrogen-bond acceptors (Lipinski definition) is 3. The number of nitrogens with one attached hydrogen (secondary N) is 1. The summed E-state index contributed by atoms with van der Waals surface area (Å²) in [5.74, 6) is 0.944. The van der Waals surface area contributed by atoms with Crippen LogP contribution in [0.3, 0.4) is 0 Å². The maximum absolute atomic E-state index is 12.5. The Morgan fingerprint density at radius 3 is 2.87 bits per heavy atom. The zero-order chi connectivity index (χ0) is 15.9. The monoisotopic (exact) mass is 312 g/mol. The topological polar surface area (TPSA) is 59.4 Å². The number of benzene rings is 1. The predicted molar refractivity (Wildman–Crippen MR) is 84.8 cm³/mol. The van der Waals surface area contributed by atoms with Gasteiger partial charge in [0.15, 0.2) is 0 Å². The second-order valence-electron chi connectivity index (χ2n) is 6.19. The summed E-state index contributed by atoms with van der Waals surface area (Å²) in [7, 11) is 1.70. The molecule has 6 heteroatoms. The molecular weight excluding hydrogens is 292 g/mol. The van der Waals surface area contributed by atoms with Crippen molar-refractivity contribution in [2.45, 2.75) is 24.6 Å². The van der Waals surface area contributed by atoms with Crippen LogP contribution in [0.2, 0.25) is 0 Å². The highest BCUT2D eigenvalue weighted by Gasteiger charge is 2.47. The summed E-state index contributed by atoms with van der Waals surface area (Å²) >= 11 is 0. The van der Waals surface area contributed by atoms with Crippen molar-refractivity contribution < 1.29 is 9.53 Å². The number of carbonyl (C=O) groups is 1. The lowest BCUT2D eigenvalue weighted by atomic mass is 9.86. The molecule has 0 radical (unpaired) electrons. The fourth-order valence-corrected chi connectivity index (χ4v) is 3.48. The number of aromatic nitrogens is 2. The zero-order valence-corrected chi connectivity index (χ0v) is 13.1. The van der Waals surface area contributed by atoms with Gasteiger partial charge < -0.3 is 19.5 Å². The summed E-state index contributed by atoms with van der Waals surface area (Å²) in [6, 6.07) is 10.0. The van der Waals surface area contributed by atoms with Gasteiger partial charge in [-0.15, -0.1) is 0 Å². The van der Waals surface area contributed by atoms with E-state index in [1.807, 2.05) is 36.5 Å². The second kappa shape index (κ2) is 5.38. The minimum absolute atomic E-state index is 0.00627. The lowest BCUT2D eigenvalue weighted by Crippen LogP contribution is -2.64. The van der Waals surface area contributed by atoms with Gasteiger partial charge in [0.05, 0.1) is 19.1 Å². The van der Waals surface area contributed by atoms with Gasteiger partial charge in [-0.05, 0) is 12.0 Å². The Morgan fingerprint density at radius 1 is 1.35 bits per heavy atom. The number of carbonyl (C=O) groups excluding carboxylic acids is 1. The first kappa shape index (κ1) is 14.3. The number of fused-ring (bicyclic) bond motifs is 1. The van der Waals surface area contributed by atoms with Crippen LogP contribution in [0.4, 0.5) is 4.79 Å². The zero-order valence-electron chi connectivity index (χ0n) is 13.1. The molecule has 4 rings (SSSR count). The van der Waals surface area contributed by atoms with Crippen LogP contribution in [-0.2, 0) is 16.9 Å². The number of likely N-dealkylation sites (tertiary alicyclic amines) is 1. The molecule has 6 nitrogen and oxygen atoms in total. The van der Waals surface area contributed by atoms with E-state index in [9.17, 15) is 4.79 Å². The summed E-state index contributed by atoms with van der Waals surface area (Å²) in [6.07, 6.45) is 4.63. The molecule has 23 heavy (non-hydrogen) atoms. The first-order chi connectivity index (χ1) is 11.2. The lowest BCUT2D eigenvalue weighted by Gasteiger charge is -2.49. The van der Waals surface area contributed by atoms with E-state index in [-0.39, 0.29) is 17.7 Å². The van der Waals surface area contributed by atoms with E-state index >= 15 is 0 Å². The van der Waals surface area contributed by atoms with E-state index in [0.717, 1.165) is 24.4 Å². The summed E-state index contributed by atoms with van der Waals surface area (Å²) in [4.78, 5) is 18.6. The molecule has 0 aliphatic carbocycles. The largest absolute Gasteiger partial charge is 0.370 e. The average molecular weight is 312 g/mol. The molecule has 120 valence electrons. The van der Waals surface area contributed by atoms with Crippen molar-refractivity contribution in [2.24, 2.45) is 0 Å². The first-order valence-electron chi connectivity index (χ1n) is 7.89. The number of imidazole rings is 1. The van der Waals surface area contributed by atoms with E-state index in [1.165, 1.54) is 0 Å². The minimum Gasteiger partial charge on any atom is -0.370 e. The smallest absolute Gasteiger partial charge is 0.318 e. The summed E-state index contributed by atoms with van der Waals surface area (Å²) in [6.45, 7) is 2.05. The van der Waals surface area contributed by atoms with Crippen LogP contribution in [0.5, 0.6) is 0 Å². The molecule has 1 atom stereocenters. The average Bonchev–Trinajstić information content (AvgIpc) is 3.13. The quantitative estimate of drug-likeness (QED) is 0.941. The molecule has 0 bridgehead atoms. The SMILES string of the molecule is COC1(c2ccccc2)CN(C(=O)NC2CCn3ccnc32)C1. The predicted octanol–water partition coefficient (Wildman–Crippen LogP) is 1.90. The van der Waals surface area contributed by atoms with Crippen LogP contribution >= 0.6 is 0 Å². The van der Waals surface area contributed by atoms with Crippen molar-refractivity contribution in [1.29, 1.82) is 0 Å². The highest BCUT2D eigenvalue weighted by Crippen LogP contribution is 2.35. The highest BCUT2D eigenvalue weighted by molar-refractivity contribution is 5.76. The molecule has 2 aromatic rings. The molecule has 1 N–H and O–H groups in total. The van der Waals surface area contributed by atoms with Gasteiger partial charge in [-0.3, -0.25) is 0 Å². The van der Waals surface area contributed by atoms with Gasteiger partial charge in [-0.2, -0.15) is 0 Å². The molecule has 1 saturated heterocycles. The molecular formula is C17H20N4O2. The van der Waals surface area contributed by atoms with E-state index in [0.29, 0.717) is 13.1 Å². The van der Waals surface area contributed by atoms with E-state index in [2.05, 4.69) is 14.9 Å². The molecule has 2 amide bonds. The summed E-state index contributed by atoms with van der Waals surface area (Å²) in [5, 5.41) is 3.08. The Morgan fingerprint density at radius 2 is 2.13 bits per heavy atom. The Labute approximate surface area is 135 Å². The normalized spacial score (nSPS) is 21.6. The maximum atomic E-state index is 12.5. The number of hydrogen-bond donors (Lipinski definition) is 1. The molecule has 1 aromatic heterocycles. The van der Waals surface area contributed by atoms with Gasteiger partial charge >= 0.3 is 6.03 Å². The van der Waals surface area contributed by atoms with Gasteiger partial charge in [-0.25, -0.2) is 9.78 Å². The summed E-state index contributed by atoms with van der Waals surface area (Å²) in [5.41, 5.74) is 0.732. The molecule has 0 spiro atoms. The molecule has 0 saturated carbocycles. The van der Waals surface area contributed by atoms with E-state index in [4.69, 9.17) is 4.74 Å². The van der Waals surface area contributed by atoms with Crippen LogP contribution in [0.1, 0.15) is 23.9 Å². The molecule has 1 fully saturated rings. The van der Waals surface area contributed by atoms with Crippen LogP contribution < -0.4 is 5.32 Å². The third kappa shape index (κ3) is 2.30. The van der Waals surface area contributed by atoms with Gasteiger partial charge in [0.25, 0.3) is 0 Å². The van der Waals surface area contributed by atoms with Crippen molar-refractivity contribution in [2.75, 3.05) is 20.2 Å². The Kier molecular flexibility index (Phi) is 3.34. The third-order valence-corrected chi connectivity index (χ3v) is 4.89. The van der Waals surface area contributed by atoms with Crippen molar-refractivity contribution in [3.63, 3.8) is 0 Å². The number of rotatable bonds is 3. The number of nitrogens with zero attached hydrogens (tertiary/aromatic N) is 3. The summed E-state index contributed by atoms with van der Waals surface area (Å²) < 4.78 is 7.80. The standard InChI is InChI=1S/C17H20N4O2/c1-23-17(13-5-3-2-4-6-13)11-21(12-17)16(22)19-14-7-9-20-10-8-18-15(14)20/h2-6,8,10,14H,7,9,11-12H2,1H3,(H,19,22). The van der Waals surface area contributed by atoms with Crippen LogP contribution in [0.25, 0.3) is 0 Å². The second-order valence-corrected chi connectivity index (χ2v) is 6.19. The number of aryl methyl sites for hydroxylation is 1. The number of ether oxygens (including phenoxy) is 1. The van der Waals surface area contributed by atoms with Crippen molar-refractivity contribution >= 4 is 6.03 Å². The third-order valence-electron chi connectivity index (χ3n) is 4.89. The van der Waals surface area contributed by atoms with Crippen molar-refractivity contribution in [3.05, 3.63) is 54.1 Å². The molecule has 1 unspecified atom stereocenters. The van der Waals surface area contributed by atoms with Crippen molar-refractivity contribution in [1.82, 2.24) is 19.8 Å². The maximum Gasteiger partial charge on any atom is 0.318 e. The number of methoxy groups -OCH3 is 1. The minimum atomic E-state index is -0.382. The molecule has 2 aliphatic heterocycles. The fraction of sp³-hybridized carbons (Fsp3) is 0.412. The number of urea groups is 1. The van der Waals surface area contributed by atoms with Gasteiger partial charge in [0.2, 0.25) is 0 Å². The Hall–Kier alpha value is -2.34. The number of amides is 2. The Bertz CT molecular complexity index is 706. The highest BCUT2D eigenvalue weighted by atomic mass is 16.5. The molecule has 2 aliphatic rings. The fourth-order valence-electron chi connectivity index (χ4n) is 3.48. The lowest BCUT2D eigenvalue weighted by molar-refractivity contribution is -0.111. The van der Waals surface area contributed by atoms with Crippen LogP contribution in [0.15, 0.2) is 42.7 Å². The first-order valence-corrected chi connectivity index (χ1v) is 7.89. The Balaban J connectivity index is 1.41. The van der Waals surface area contributed by atoms with Crippen LogP contribution in [-0.4, -0.2) is 40.7 Å². The molecule has 1 aromatic carbocycles. The van der Waals surface area contributed by atoms with E-state index < -0.39 is 0 Å². The van der Waals surface area contributed by atoms with E-state index in [1.54, 1.807) is 18.2 Å². The van der Waals surface area contributed by atoms with Crippen molar-refractivity contribution in [3.8, 4) is 0 Å². The van der Waals surface area contributed by atoms with Crippen LogP contribution in [0, 0.1) is 0 Å². The van der Waals surface area contributed by atoms with Gasteiger partial charge in [0.1, 0.15) is 11.4 Å².